The molecule has 168 valence electrons. The first kappa shape index (κ1) is 22.8. The van der Waals surface area contributed by atoms with Gasteiger partial charge in [0, 0.05) is 12.1 Å². The highest BCUT2D eigenvalue weighted by atomic mass is 16.6. The standard InChI is InChI=1S/C21H21N3O8/c25-19(31-13-15-5-1-3-7-17(15)23(27)28)21(9-11-22-12-10-21)20(26)32-14-16-6-2-4-8-18(16)24(29)30/h1-8,22H,9-14H2. The van der Waals surface area contributed by atoms with E-state index in [0.717, 1.165) is 0 Å². The number of benzene rings is 2. The fraction of sp³-hybridized carbons (Fsp3) is 0.333. The van der Waals surface area contributed by atoms with Crippen molar-refractivity contribution in [3.63, 3.8) is 0 Å². The summed E-state index contributed by atoms with van der Waals surface area (Å²) in [4.78, 5) is 47.1. The molecule has 0 aliphatic carbocycles. The highest BCUT2D eigenvalue weighted by molar-refractivity contribution is 6.00. The molecule has 0 saturated carbocycles. The molecule has 1 aliphatic rings. The molecule has 1 heterocycles. The molecule has 2 aromatic carbocycles. The van der Waals surface area contributed by atoms with Crippen molar-refractivity contribution in [3.05, 3.63) is 79.9 Å². The Morgan fingerprint density at radius 1 is 0.812 bits per heavy atom. The van der Waals surface area contributed by atoms with Crippen LogP contribution in [0.5, 0.6) is 0 Å². The molecule has 0 unspecified atom stereocenters. The predicted molar refractivity (Wildman–Crippen MR) is 110 cm³/mol. The third kappa shape index (κ3) is 4.89. The zero-order valence-electron chi connectivity index (χ0n) is 17.0. The second-order valence-corrected chi connectivity index (χ2v) is 7.26. The molecule has 0 atom stereocenters. The van der Waals surface area contributed by atoms with Gasteiger partial charge in [0.25, 0.3) is 11.4 Å². The highest BCUT2D eigenvalue weighted by Gasteiger charge is 2.49. The zero-order chi connectivity index (χ0) is 23.1. The number of carbonyl (C=O) groups is 2. The van der Waals surface area contributed by atoms with E-state index in [-0.39, 0.29) is 48.6 Å². The smallest absolute Gasteiger partial charge is 0.323 e. The van der Waals surface area contributed by atoms with Crippen molar-refractivity contribution in [1.29, 1.82) is 0 Å². The molecule has 3 rings (SSSR count). The van der Waals surface area contributed by atoms with Gasteiger partial charge < -0.3 is 14.8 Å². The quantitative estimate of drug-likeness (QED) is 0.281. The molecule has 32 heavy (non-hydrogen) atoms. The molecular weight excluding hydrogens is 422 g/mol. The highest BCUT2D eigenvalue weighted by Crippen LogP contribution is 2.34. The van der Waals surface area contributed by atoms with Crippen LogP contribution in [0.4, 0.5) is 11.4 Å². The second kappa shape index (κ2) is 9.96. The Balaban J connectivity index is 1.74. The number of rotatable bonds is 8. The van der Waals surface area contributed by atoms with E-state index in [9.17, 15) is 29.8 Å². The van der Waals surface area contributed by atoms with Gasteiger partial charge in [-0.2, -0.15) is 0 Å². The summed E-state index contributed by atoms with van der Waals surface area (Å²) in [6, 6.07) is 11.7. The summed E-state index contributed by atoms with van der Waals surface area (Å²) in [5.74, 6) is -1.69. The molecule has 0 radical (unpaired) electrons. The van der Waals surface area contributed by atoms with Crippen LogP contribution in [-0.2, 0) is 32.3 Å². The minimum absolute atomic E-state index is 0.110. The van der Waals surface area contributed by atoms with E-state index in [2.05, 4.69) is 5.32 Å². The number of piperidine rings is 1. The summed E-state index contributed by atoms with van der Waals surface area (Å²) < 4.78 is 10.6. The Morgan fingerprint density at radius 2 is 1.22 bits per heavy atom. The van der Waals surface area contributed by atoms with Crippen molar-refractivity contribution < 1.29 is 28.9 Å². The van der Waals surface area contributed by atoms with Crippen molar-refractivity contribution in [2.75, 3.05) is 13.1 Å². The van der Waals surface area contributed by atoms with E-state index >= 15 is 0 Å². The molecular formula is C21H21N3O8. The number of nitro benzene ring substituents is 2. The topological polar surface area (TPSA) is 151 Å². The monoisotopic (exact) mass is 443 g/mol. The molecule has 0 spiro atoms. The summed E-state index contributed by atoms with van der Waals surface area (Å²) in [6.45, 7) is -0.0203. The number of hydrogen-bond acceptors (Lipinski definition) is 9. The van der Waals surface area contributed by atoms with E-state index in [1.165, 1.54) is 36.4 Å². The van der Waals surface area contributed by atoms with Crippen LogP contribution in [0.1, 0.15) is 24.0 Å². The Bertz CT molecular complexity index is 958. The lowest BCUT2D eigenvalue weighted by molar-refractivity contribution is -0.386. The normalized spacial score (nSPS) is 14.9. The average molecular weight is 443 g/mol. The van der Waals surface area contributed by atoms with Crippen molar-refractivity contribution in [2.45, 2.75) is 26.1 Å². The third-order valence-electron chi connectivity index (χ3n) is 5.33. The lowest BCUT2D eigenvalue weighted by atomic mass is 9.79. The first-order valence-electron chi connectivity index (χ1n) is 9.85. The largest absolute Gasteiger partial charge is 0.460 e. The molecule has 0 bridgehead atoms. The minimum Gasteiger partial charge on any atom is -0.460 e. The lowest BCUT2D eigenvalue weighted by Gasteiger charge is -2.32. The van der Waals surface area contributed by atoms with Gasteiger partial charge in [-0.1, -0.05) is 24.3 Å². The van der Waals surface area contributed by atoms with Crippen molar-refractivity contribution in [1.82, 2.24) is 5.32 Å². The molecule has 2 aromatic rings. The minimum atomic E-state index is -1.60. The van der Waals surface area contributed by atoms with Crippen molar-refractivity contribution in [3.8, 4) is 0 Å². The van der Waals surface area contributed by atoms with Gasteiger partial charge in [-0.25, -0.2) is 0 Å². The SMILES string of the molecule is O=C(OCc1ccccc1[N+](=O)[O-])C1(C(=O)OCc2ccccc2[N+](=O)[O-])CCNCC1. The maximum atomic E-state index is 13.0. The first-order valence-corrected chi connectivity index (χ1v) is 9.85. The van der Waals surface area contributed by atoms with Gasteiger partial charge in [0.05, 0.1) is 21.0 Å². The van der Waals surface area contributed by atoms with Gasteiger partial charge in [-0.15, -0.1) is 0 Å². The van der Waals surface area contributed by atoms with Gasteiger partial charge in [0.15, 0.2) is 5.41 Å². The molecule has 0 aromatic heterocycles. The maximum Gasteiger partial charge on any atom is 0.323 e. The molecule has 0 amide bonds. The zero-order valence-corrected chi connectivity index (χ0v) is 17.0. The van der Waals surface area contributed by atoms with Gasteiger partial charge in [0.1, 0.15) is 13.2 Å². The van der Waals surface area contributed by atoms with E-state index in [0.29, 0.717) is 13.1 Å². The fourth-order valence-corrected chi connectivity index (χ4v) is 3.53. The number of ether oxygens (including phenoxy) is 2. The molecule has 1 N–H and O–H groups in total. The van der Waals surface area contributed by atoms with Gasteiger partial charge in [-0.3, -0.25) is 29.8 Å². The molecule has 1 saturated heterocycles. The van der Waals surface area contributed by atoms with Gasteiger partial charge >= 0.3 is 11.9 Å². The second-order valence-electron chi connectivity index (χ2n) is 7.26. The first-order chi connectivity index (χ1) is 15.3. The molecule has 1 fully saturated rings. The Labute approximate surface area is 182 Å². The van der Waals surface area contributed by atoms with Crippen molar-refractivity contribution >= 4 is 23.3 Å². The van der Waals surface area contributed by atoms with Crippen LogP contribution < -0.4 is 5.32 Å². The lowest BCUT2D eigenvalue weighted by Crippen LogP contribution is -2.49. The molecule has 1 aliphatic heterocycles. The van der Waals surface area contributed by atoms with Crippen LogP contribution in [-0.4, -0.2) is 34.9 Å². The number of hydrogen-bond donors (Lipinski definition) is 1. The Hall–Kier alpha value is -3.86. The summed E-state index contributed by atoms with van der Waals surface area (Å²) >= 11 is 0. The van der Waals surface area contributed by atoms with Crippen LogP contribution in [0.15, 0.2) is 48.5 Å². The summed E-state index contributed by atoms with van der Waals surface area (Å²) in [6.07, 6.45) is 0.219. The average Bonchev–Trinajstić information content (AvgIpc) is 2.81. The fourth-order valence-electron chi connectivity index (χ4n) is 3.53. The van der Waals surface area contributed by atoms with Gasteiger partial charge in [0.2, 0.25) is 0 Å². The number of carbonyl (C=O) groups excluding carboxylic acids is 2. The summed E-state index contributed by atoms with van der Waals surface area (Å²) in [5.41, 5.74) is -1.60. The van der Waals surface area contributed by atoms with Crippen LogP contribution in [0, 0.1) is 25.6 Å². The van der Waals surface area contributed by atoms with Crippen LogP contribution >= 0.6 is 0 Å². The number of nitrogens with zero attached hydrogens (tertiary/aromatic N) is 2. The molecule has 11 nitrogen and oxygen atoms in total. The number of para-hydroxylation sites is 2. The van der Waals surface area contributed by atoms with E-state index in [4.69, 9.17) is 9.47 Å². The molecule has 11 heteroatoms. The van der Waals surface area contributed by atoms with Crippen LogP contribution in [0.25, 0.3) is 0 Å². The Morgan fingerprint density at radius 3 is 1.62 bits per heavy atom. The van der Waals surface area contributed by atoms with E-state index < -0.39 is 27.2 Å². The summed E-state index contributed by atoms with van der Waals surface area (Å²) in [5, 5.41) is 25.4. The van der Waals surface area contributed by atoms with Crippen LogP contribution in [0.2, 0.25) is 0 Å². The van der Waals surface area contributed by atoms with E-state index in [1.54, 1.807) is 12.1 Å². The number of nitrogens with one attached hydrogen (secondary N) is 1. The number of esters is 2. The number of nitro groups is 2. The predicted octanol–water partition coefficient (Wildman–Crippen LogP) is 2.66. The van der Waals surface area contributed by atoms with Gasteiger partial charge in [-0.05, 0) is 38.1 Å². The van der Waals surface area contributed by atoms with E-state index in [1.807, 2.05) is 0 Å². The van der Waals surface area contributed by atoms with Crippen LogP contribution in [0.3, 0.4) is 0 Å². The summed E-state index contributed by atoms with van der Waals surface area (Å²) in [7, 11) is 0. The van der Waals surface area contributed by atoms with Crippen molar-refractivity contribution in [2.24, 2.45) is 5.41 Å². The third-order valence-corrected chi connectivity index (χ3v) is 5.33. The maximum absolute atomic E-state index is 13.0. The Kier molecular flexibility index (Phi) is 7.11.